The Morgan fingerprint density at radius 1 is 1.10 bits per heavy atom. The van der Waals surface area contributed by atoms with E-state index in [0.717, 1.165) is 6.07 Å². The molecular weight excluding hydrogens is 297 g/mol. The second-order valence-electron chi connectivity index (χ2n) is 4.44. The Labute approximate surface area is 125 Å². The predicted molar refractivity (Wildman–Crippen MR) is 76.8 cm³/mol. The number of rotatable bonds is 2. The molecule has 1 heterocycles. The van der Waals surface area contributed by atoms with E-state index < -0.39 is 11.7 Å². The largest absolute Gasteiger partial charge is 0.486 e. The molecular formula is C15H11ClFNO3. The minimum absolute atomic E-state index is 0.0747. The first-order chi connectivity index (χ1) is 10.1. The maximum absolute atomic E-state index is 13.7. The van der Waals surface area contributed by atoms with Crippen LogP contribution in [0.1, 0.15) is 10.4 Å². The predicted octanol–water partition coefficient (Wildman–Crippen LogP) is 3.50. The molecule has 0 saturated heterocycles. The average Bonchev–Trinajstić information content (AvgIpc) is 2.47. The van der Waals surface area contributed by atoms with Crippen LogP contribution in [0.3, 0.4) is 0 Å². The number of nitrogens with one attached hydrogen (secondary N) is 1. The highest BCUT2D eigenvalue weighted by Gasteiger charge is 2.15. The number of hydrogen-bond acceptors (Lipinski definition) is 3. The molecule has 0 fully saturated rings. The molecule has 2 aromatic rings. The van der Waals surface area contributed by atoms with Crippen LogP contribution in [0.4, 0.5) is 10.1 Å². The molecule has 0 spiro atoms. The van der Waals surface area contributed by atoms with Gasteiger partial charge in [0, 0.05) is 16.8 Å². The standard InChI is InChI=1S/C15H11ClFNO3/c16-9-1-3-11(12(17)7-9)15(19)18-10-2-4-13-14(8-10)21-6-5-20-13/h1-4,7-8H,5-6H2,(H,18,19). The number of carbonyl (C=O) groups excluding carboxylic acids is 1. The van der Waals surface area contributed by atoms with Crippen molar-refractivity contribution in [2.24, 2.45) is 0 Å². The summed E-state index contributed by atoms with van der Waals surface area (Å²) in [6.45, 7) is 0.949. The summed E-state index contributed by atoms with van der Waals surface area (Å²) in [5, 5.41) is 2.85. The van der Waals surface area contributed by atoms with E-state index >= 15 is 0 Å². The summed E-state index contributed by atoms with van der Waals surface area (Å²) < 4.78 is 24.5. The van der Waals surface area contributed by atoms with Crippen LogP contribution in [-0.2, 0) is 0 Å². The Hall–Kier alpha value is -2.27. The van der Waals surface area contributed by atoms with E-state index in [1.807, 2.05) is 0 Å². The van der Waals surface area contributed by atoms with Crippen LogP contribution in [-0.4, -0.2) is 19.1 Å². The molecule has 1 aliphatic heterocycles. The molecule has 6 heteroatoms. The van der Waals surface area contributed by atoms with Crippen molar-refractivity contribution in [1.82, 2.24) is 0 Å². The van der Waals surface area contributed by atoms with Gasteiger partial charge in [0.25, 0.3) is 5.91 Å². The molecule has 0 saturated carbocycles. The zero-order valence-electron chi connectivity index (χ0n) is 10.9. The van der Waals surface area contributed by atoms with E-state index in [1.54, 1.807) is 18.2 Å². The van der Waals surface area contributed by atoms with Gasteiger partial charge in [-0.1, -0.05) is 11.6 Å². The lowest BCUT2D eigenvalue weighted by Gasteiger charge is -2.19. The van der Waals surface area contributed by atoms with Gasteiger partial charge >= 0.3 is 0 Å². The topological polar surface area (TPSA) is 47.6 Å². The molecule has 3 rings (SSSR count). The monoisotopic (exact) mass is 307 g/mol. The van der Waals surface area contributed by atoms with Crippen molar-refractivity contribution in [3.05, 3.63) is 52.8 Å². The highest BCUT2D eigenvalue weighted by atomic mass is 35.5. The van der Waals surface area contributed by atoms with Crippen LogP contribution >= 0.6 is 11.6 Å². The minimum Gasteiger partial charge on any atom is -0.486 e. The highest BCUT2D eigenvalue weighted by Crippen LogP contribution is 2.32. The van der Waals surface area contributed by atoms with E-state index in [1.165, 1.54) is 12.1 Å². The molecule has 1 N–H and O–H groups in total. The van der Waals surface area contributed by atoms with Crippen molar-refractivity contribution >= 4 is 23.2 Å². The number of carbonyl (C=O) groups is 1. The second-order valence-corrected chi connectivity index (χ2v) is 4.87. The Morgan fingerprint density at radius 2 is 1.86 bits per heavy atom. The van der Waals surface area contributed by atoms with Crippen molar-refractivity contribution < 1.29 is 18.7 Å². The van der Waals surface area contributed by atoms with E-state index in [-0.39, 0.29) is 10.6 Å². The van der Waals surface area contributed by atoms with Crippen molar-refractivity contribution in [3.8, 4) is 11.5 Å². The summed E-state index contributed by atoms with van der Waals surface area (Å²) >= 11 is 5.66. The Morgan fingerprint density at radius 3 is 2.62 bits per heavy atom. The number of ether oxygens (including phenoxy) is 2. The highest BCUT2D eigenvalue weighted by molar-refractivity contribution is 6.30. The summed E-state index contributed by atoms with van der Waals surface area (Å²) in [5.41, 5.74) is 0.424. The number of anilines is 1. The first-order valence-corrected chi connectivity index (χ1v) is 6.67. The SMILES string of the molecule is O=C(Nc1ccc2c(c1)OCCO2)c1ccc(Cl)cc1F. The quantitative estimate of drug-likeness (QED) is 0.923. The van der Waals surface area contributed by atoms with Crippen LogP contribution in [0.5, 0.6) is 11.5 Å². The zero-order chi connectivity index (χ0) is 14.8. The number of hydrogen-bond donors (Lipinski definition) is 1. The fraction of sp³-hybridized carbons (Fsp3) is 0.133. The lowest BCUT2D eigenvalue weighted by molar-refractivity contribution is 0.102. The Kier molecular flexibility index (Phi) is 3.66. The van der Waals surface area contributed by atoms with Gasteiger partial charge in [-0.15, -0.1) is 0 Å². The van der Waals surface area contributed by atoms with Gasteiger partial charge in [0.05, 0.1) is 5.56 Å². The summed E-state index contributed by atoms with van der Waals surface area (Å²) in [6.07, 6.45) is 0. The third kappa shape index (κ3) is 2.92. The van der Waals surface area contributed by atoms with Crippen molar-refractivity contribution in [2.75, 3.05) is 18.5 Å². The van der Waals surface area contributed by atoms with Gasteiger partial charge in [0.1, 0.15) is 19.0 Å². The average molecular weight is 308 g/mol. The number of fused-ring (bicyclic) bond motifs is 1. The fourth-order valence-corrected chi connectivity index (χ4v) is 2.15. The molecule has 108 valence electrons. The summed E-state index contributed by atoms with van der Waals surface area (Å²) in [4.78, 5) is 12.0. The van der Waals surface area contributed by atoms with Gasteiger partial charge in [-0.05, 0) is 30.3 Å². The Balaban J connectivity index is 1.81. The molecule has 1 aliphatic rings. The maximum atomic E-state index is 13.7. The molecule has 0 radical (unpaired) electrons. The van der Waals surface area contributed by atoms with Crippen LogP contribution in [0.25, 0.3) is 0 Å². The van der Waals surface area contributed by atoms with Crippen molar-refractivity contribution in [1.29, 1.82) is 0 Å². The number of benzene rings is 2. The molecule has 0 atom stereocenters. The van der Waals surface area contributed by atoms with Crippen LogP contribution in [0, 0.1) is 5.82 Å². The van der Waals surface area contributed by atoms with Crippen molar-refractivity contribution in [2.45, 2.75) is 0 Å². The molecule has 0 aliphatic carbocycles. The van der Waals surface area contributed by atoms with Gasteiger partial charge in [-0.2, -0.15) is 0 Å². The van der Waals surface area contributed by atoms with E-state index in [0.29, 0.717) is 30.4 Å². The molecule has 2 aromatic carbocycles. The van der Waals surface area contributed by atoms with E-state index in [2.05, 4.69) is 5.32 Å². The first kappa shape index (κ1) is 13.7. The smallest absolute Gasteiger partial charge is 0.258 e. The Bertz CT molecular complexity index is 705. The van der Waals surface area contributed by atoms with Crippen LogP contribution in [0.15, 0.2) is 36.4 Å². The van der Waals surface area contributed by atoms with E-state index in [9.17, 15) is 9.18 Å². The second kappa shape index (κ2) is 5.61. The molecule has 0 aromatic heterocycles. The van der Waals surface area contributed by atoms with Crippen LogP contribution in [0.2, 0.25) is 5.02 Å². The zero-order valence-corrected chi connectivity index (χ0v) is 11.6. The maximum Gasteiger partial charge on any atom is 0.258 e. The van der Waals surface area contributed by atoms with Crippen LogP contribution < -0.4 is 14.8 Å². The summed E-state index contributed by atoms with van der Waals surface area (Å²) in [7, 11) is 0. The summed E-state index contributed by atoms with van der Waals surface area (Å²) in [5.74, 6) is -0.0501. The first-order valence-electron chi connectivity index (χ1n) is 6.29. The molecule has 21 heavy (non-hydrogen) atoms. The van der Waals surface area contributed by atoms with Crippen molar-refractivity contribution in [3.63, 3.8) is 0 Å². The molecule has 0 bridgehead atoms. The number of halogens is 2. The fourth-order valence-electron chi connectivity index (χ4n) is 1.99. The van der Waals surface area contributed by atoms with Gasteiger partial charge < -0.3 is 14.8 Å². The lowest BCUT2D eigenvalue weighted by atomic mass is 10.2. The minimum atomic E-state index is -0.669. The van der Waals surface area contributed by atoms with Gasteiger partial charge in [-0.25, -0.2) is 4.39 Å². The summed E-state index contributed by atoms with van der Waals surface area (Å²) in [6, 6.07) is 8.90. The normalized spacial score (nSPS) is 12.9. The van der Waals surface area contributed by atoms with Gasteiger partial charge in [0.2, 0.25) is 0 Å². The molecule has 4 nitrogen and oxygen atoms in total. The lowest BCUT2D eigenvalue weighted by Crippen LogP contribution is -2.17. The third-order valence-corrected chi connectivity index (χ3v) is 3.21. The molecule has 1 amide bonds. The molecule has 0 unspecified atom stereocenters. The van der Waals surface area contributed by atoms with Gasteiger partial charge in [0.15, 0.2) is 11.5 Å². The number of amides is 1. The van der Waals surface area contributed by atoms with E-state index in [4.69, 9.17) is 21.1 Å². The van der Waals surface area contributed by atoms with Gasteiger partial charge in [-0.3, -0.25) is 4.79 Å². The third-order valence-electron chi connectivity index (χ3n) is 2.98.